The molecule has 8 nitrogen and oxygen atoms in total. The monoisotopic (exact) mass is 336 g/mol. The summed E-state index contributed by atoms with van der Waals surface area (Å²) in [6, 6.07) is 5.02. The maximum atomic E-state index is 14.6. The SMILES string of the molecule is COC(=O)NCCCn1nc(C(=O)OC)c(F)c1-c1ccccn1. The van der Waals surface area contributed by atoms with Crippen LogP contribution in [-0.4, -0.2) is 47.6 Å². The van der Waals surface area contributed by atoms with Crippen LogP contribution in [0.25, 0.3) is 11.4 Å². The standard InChI is InChI=1S/C15H17FN4O4/c1-23-14(21)12-11(16)13(10-6-3-4-7-17-10)20(19-12)9-5-8-18-15(22)24-2/h3-4,6-7H,5,8-9H2,1-2H3,(H,18,22). The molecule has 0 atom stereocenters. The van der Waals surface area contributed by atoms with Gasteiger partial charge < -0.3 is 14.8 Å². The molecule has 1 amide bonds. The van der Waals surface area contributed by atoms with Crippen LogP contribution in [0.2, 0.25) is 0 Å². The van der Waals surface area contributed by atoms with Crippen molar-refractivity contribution in [2.24, 2.45) is 0 Å². The van der Waals surface area contributed by atoms with Gasteiger partial charge in [0.2, 0.25) is 5.69 Å². The van der Waals surface area contributed by atoms with Gasteiger partial charge in [0.1, 0.15) is 5.69 Å². The predicted octanol–water partition coefficient (Wildman–Crippen LogP) is 1.62. The Morgan fingerprint density at radius 1 is 1.29 bits per heavy atom. The molecule has 2 heterocycles. The van der Waals surface area contributed by atoms with E-state index < -0.39 is 23.6 Å². The topological polar surface area (TPSA) is 95.3 Å². The quantitative estimate of drug-likeness (QED) is 0.636. The molecule has 0 aliphatic carbocycles. The average Bonchev–Trinajstić information content (AvgIpc) is 2.94. The smallest absolute Gasteiger partial charge is 0.406 e. The molecule has 2 rings (SSSR count). The van der Waals surface area contributed by atoms with E-state index in [1.54, 1.807) is 18.2 Å². The summed E-state index contributed by atoms with van der Waals surface area (Å²) >= 11 is 0. The van der Waals surface area contributed by atoms with E-state index in [4.69, 9.17) is 0 Å². The second-order valence-corrected chi connectivity index (χ2v) is 4.71. The Hall–Kier alpha value is -2.97. The van der Waals surface area contributed by atoms with Crippen molar-refractivity contribution in [2.45, 2.75) is 13.0 Å². The lowest BCUT2D eigenvalue weighted by Gasteiger charge is -2.07. The van der Waals surface area contributed by atoms with Crippen LogP contribution in [0.5, 0.6) is 0 Å². The van der Waals surface area contributed by atoms with Gasteiger partial charge in [-0.3, -0.25) is 9.67 Å². The van der Waals surface area contributed by atoms with Crippen molar-refractivity contribution < 1.29 is 23.5 Å². The molecule has 24 heavy (non-hydrogen) atoms. The number of hydrogen-bond donors (Lipinski definition) is 1. The van der Waals surface area contributed by atoms with E-state index in [-0.39, 0.29) is 12.2 Å². The van der Waals surface area contributed by atoms with Gasteiger partial charge >= 0.3 is 12.1 Å². The number of ether oxygens (including phenoxy) is 2. The van der Waals surface area contributed by atoms with Gasteiger partial charge in [-0.2, -0.15) is 5.10 Å². The molecule has 9 heteroatoms. The molecule has 128 valence electrons. The van der Waals surface area contributed by atoms with Crippen LogP contribution in [-0.2, 0) is 16.0 Å². The molecule has 0 fully saturated rings. The maximum Gasteiger partial charge on any atom is 0.406 e. The zero-order valence-corrected chi connectivity index (χ0v) is 13.3. The van der Waals surface area contributed by atoms with E-state index in [9.17, 15) is 14.0 Å². The summed E-state index contributed by atoms with van der Waals surface area (Å²) in [4.78, 5) is 26.8. The molecule has 2 aromatic rings. The van der Waals surface area contributed by atoms with Crippen LogP contribution in [0, 0.1) is 5.82 Å². The lowest BCUT2D eigenvalue weighted by atomic mass is 10.2. The van der Waals surface area contributed by atoms with Crippen LogP contribution >= 0.6 is 0 Å². The summed E-state index contributed by atoms with van der Waals surface area (Å²) in [5.74, 6) is -1.66. The Labute approximate surface area is 137 Å². The van der Waals surface area contributed by atoms with Gasteiger partial charge in [-0.1, -0.05) is 6.07 Å². The largest absolute Gasteiger partial charge is 0.464 e. The summed E-state index contributed by atoms with van der Waals surface area (Å²) in [5.41, 5.74) is 0.0340. The van der Waals surface area contributed by atoms with Crippen LogP contribution in [0.3, 0.4) is 0 Å². The third-order valence-electron chi connectivity index (χ3n) is 3.18. The van der Waals surface area contributed by atoms with Gasteiger partial charge in [0, 0.05) is 19.3 Å². The Morgan fingerprint density at radius 3 is 2.71 bits per heavy atom. The number of nitrogens with one attached hydrogen (secondary N) is 1. The van der Waals surface area contributed by atoms with E-state index in [1.165, 1.54) is 18.0 Å². The molecule has 0 saturated carbocycles. The summed E-state index contributed by atoms with van der Waals surface area (Å²) in [6.45, 7) is 0.577. The van der Waals surface area contributed by atoms with Gasteiger partial charge in [-0.25, -0.2) is 14.0 Å². The number of nitrogens with zero attached hydrogens (tertiary/aromatic N) is 3. The van der Waals surface area contributed by atoms with E-state index in [1.807, 2.05) is 0 Å². The van der Waals surface area contributed by atoms with E-state index >= 15 is 0 Å². The number of aryl methyl sites for hydroxylation is 1. The molecule has 0 radical (unpaired) electrons. The molecule has 2 aromatic heterocycles. The minimum atomic E-state index is -0.865. The first-order valence-corrected chi connectivity index (χ1v) is 7.16. The number of amides is 1. The zero-order valence-electron chi connectivity index (χ0n) is 13.3. The van der Waals surface area contributed by atoms with Gasteiger partial charge in [-0.05, 0) is 18.6 Å². The first-order chi connectivity index (χ1) is 11.6. The molecule has 0 aromatic carbocycles. The average molecular weight is 336 g/mol. The van der Waals surface area contributed by atoms with Gasteiger partial charge in [0.15, 0.2) is 5.82 Å². The van der Waals surface area contributed by atoms with E-state index in [2.05, 4.69) is 24.9 Å². The minimum absolute atomic E-state index is 0.0917. The van der Waals surface area contributed by atoms with Gasteiger partial charge in [0.05, 0.1) is 19.9 Å². The highest BCUT2D eigenvalue weighted by atomic mass is 19.1. The molecular weight excluding hydrogens is 319 g/mol. The summed E-state index contributed by atoms with van der Waals surface area (Å²) in [7, 11) is 2.42. The lowest BCUT2D eigenvalue weighted by molar-refractivity contribution is 0.0588. The highest BCUT2D eigenvalue weighted by Crippen LogP contribution is 2.24. The number of carbonyl (C=O) groups is 2. The van der Waals surface area contributed by atoms with E-state index in [0.717, 1.165) is 7.11 Å². The summed E-state index contributed by atoms with van der Waals surface area (Å²) < 4.78 is 24.9. The van der Waals surface area contributed by atoms with Crippen molar-refractivity contribution >= 4 is 12.1 Å². The second-order valence-electron chi connectivity index (χ2n) is 4.71. The van der Waals surface area contributed by atoms with Gasteiger partial charge in [-0.15, -0.1) is 0 Å². The van der Waals surface area contributed by atoms with Crippen LogP contribution in [0.4, 0.5) is 9.18 Å². The van der Waals surface area contributed by atoms with Crippen molar-refractivity contribution in [1.29, 1.82) is 0 Å². The van der Waals surface area contributed by atoms with Crippen molar-refractivity contribution in [3.63, 3.8) is 0 Å². The van der Waals surface area contributed by atoms with Crippen LogP contribution < -0.4 is 5.32 Å². The molecule has 0 aliphatic rings. The third kappa shape index (κ3) is 3.86. The van der Waals surface area contributed by atoms with Crippen molar-refractivity contribution in [3.05, 3.63) is 35.9 Å². The lowest BCUT2D eigenvalue weighted by Crippen LogP contribution is -2.25. The molecule has 1 N–H and O–H groups in total. The van der Waals surface area contributed by atoms with Crippen molar-refractivity contribution in [1.82, 2.24) is 20.1 Å². The molecule has 0 aliphatic heterocycles. The number of pyridine rings is 1. The number of carbonyl (C=O) groups excluding carboxylic acids is 2. The maximum absolute atomic E-state index is 14.6. The number of esters is 1. The molecule has 0 saturated heterocycles. The van der Waals surface area contributed by atoms with Crippen molar-refractivity contribution in [2.75, 3.05) is 20.8 Å². The Balaban J connectivity index is 2.25. The first kappa shape index (κ1) is 17.4. The Morgan fingerprint density at radius 2 is 2.08 bits per heavy atom. The highest BCUT2D eigenvalue weighted by Gasteiger charge is 2.25. The molecule has 0 spiro atoms. The van der Waals surface area contributed by atoms with Crippen molar-refractivity contribution in [3.8, 4) is 11.4 Å². The molecule has 0 unspecified atom stereocenters. The normalized spacial score (nSPS) is 10.3. The number of alkyl carbamates (subject to hydrolysis) is 1. The Kier molecular flexibility index (Phi) is 5.83. The highest BCUT2D eigenvalue weighted by molar-refractivity contribution is 5.89. The third-order valence-corrected chi connectivity index (χ3v) is 3.18. The fourth-order valence-corrected chi connectivity index (χ4v) is 2.07. The number of methoxy groups -OCH3 is 2. The summed E-state index contributed by atoms with van der Waals surface area (Å²) in [5, 5.41) is 6.49. The molecular formula is C15H17FN4O4. The Bertz CT molecular complexity index is 718. The van der Waals surface area contributed by atoms with Gasteiger partial charge in [0.25, 0.3) is 0 Å². The number of aromatic nitrogens is 3. The fourth-order valence-electron chi connectivity index (χ4n) is 2.07. The second kappa shape index (κ2) is 8.04. The number of halogens is 1. The van der Waals surface area contributed by atoms with Crippen LogP contribution in [0.15, 0.2) is 24.4 Å². The number of hydrogen-bond acceptors (Lipinski definition) is 6. The van der Waals surface area contributed by atoms with Crippen LogP contribution in [0.1, 0.15) is 16.9 Å². The fraction of sp³-hybridized carbons (Fsp3) is 0.333. The molecule has 0 bridgehead atoms. The minimum Gasteiger partial charge on any atom is -0.464 e. The number of rotatable bonds is 6. The first-order valence-electron chi connectivity index (χ1n) is 7.16. The van der Waals surface area contributed by atoms with E-state index in [0.29, 0.717) is 18.7 Å². The summed E-state index contributed by atoms with van der Waals surface area (Å²) in [6.07, 6.45) is 1.42. The zero-order chi connectivity index (χ0) is 17.5. The predicted molar refractivity (Wildman–Crippen MR) is 81.8 cm³/mol.